The summed E-state index contributed by atoms with van der Waals surface area (Å²) in [5.74, 6) is 0. The lowest BCUT2D eigenvalue weighted by Crippen LogP contribution is -1.95. The van der Waals surface area contributed by atoms with Crippen LogP contribution in [0.1, 0.15) is 42.8 Å². The average molecular weight is 308 g/mol. The molecule has 0 saturated heterocycles. The molecule has 1 aromatic heterocycles. The number of aryl methyl sites for hydroxylation is 1. The largest absolute Gasteiger partial charge is 0.220 e. The van der Waals surface area contributed by atoms with Gasteiger partial charge in [0.15, 0.2) is 0 Å². The van der Waals surface area contributed by atoms with Crippen LogP contribution in [0.25, 0.3) is 5.69 Å². The molecule has 96 valence electrons. The Morgan fingerprint density at radius 1 is 1.22 bits per heavy atom. The number of benzene rings is 1. The van der Waals surface area contributed by atoms with Crippen molar-refractivity contribution in [3.8, 4) is 5.69 Å². The Morgan fingerprint density at radius 2 is 1.94 bits per heavy atom. The van der Waals surface area contributed by atoms with Gasteiger partial charge < -0.3 is 0 Å². The van der Waals surface area contributed by atoms with Gasteiger partial charge in [-0.3, -0.25) is 0 Å². The molecule has 0 fully saturated rings. The molecule has 18 heavy (non-hydrogen) atoms. The molecule has 0 amide bonds. The van der Waals surface area contributed by atoms with E-state index < -0.39 is 0 Å². The van der Waals surface area contributed by atoms with E-state index in [1.165, 1.54) is 12.0 Å². The minimum atomic E-state index is 0.283. The predicted molar refractivity (Wildman–Crippen MR) is 77.3 cm³/mol. The summed E-state index contributed by atoms with van der Waals surface area (Å²) >= 11 is 3.59. The molecule has 1 atom stereocenters. The number of aromatic nitrogens is 3. The van der Waals surface area contributed by atoms with Gasteiger partial charge in [-0.15, -0.1) is 5.10 Å². The smallest absolute Gasteiger partial charge is 0.0967 e. The molecule has 4 heteroatoms. The van der Waals surface area contributed by atoms with E-state index in [1.807, 2.05) is 10.9 Å². The summed E-state index contributed by atoms with van der Waals surface area (Å²) in [6.07, 6.45) is 5.29. The Hall–Kier alpha value is -1.16. The van der Waals surface area contributed by atoms with Gasteiger partial charge >= 0.3 is 0 Å². The van der Waals surface area contributed by atoms with E-state index in [0.29, 0.717) is 0 Å². The van der Waals surface area contributed by atoms with E-state index in [2.05, 4.69) is 64.4 Å². The second-order valence-electron chi connectivity index (χ2n) is 4.38. The molecule has 3 nitrogen and oxygen atoms in total. The van der Waals surface area contributed by atoms with Gasteiger partial charge in [-0.1, -0.05) is 53.5 Å². The molecule has 2 aromatic rings. The average Bonchev–Trinajstić information content (AvgIpc) is 2.89. The van der Waals surface area contributed by atoms with E-state index in [1.54, 1.807) is 0 Å². The fourth-order valence-corrected chi connectivity index (χ4v) is 2.07. The van der Waals surface area contributed by atoms with Crippen LogP contribution in [0.15, 0.2) is 30.5 Å². The van der Waals surface area contributed by atoms with E-state index in [0.717, 1.165) is 24.2 Å². The molecular weight excluding hydrogens is 290 g/mol. The van der Waals surface area contributed by atoms with Crippen LogP contribution >= 0.6 is 15.9 Å². The topological polar surface area (TPSA) is 30.7 Å². The number of hydrogen-bond donors (Lipinski definition) is 0. The maximum atomic E-state index is 4.19. The first kappa shape index (κ1) is 13.3. The van der Waals surface area contributed by atoms with Crippen molar-refractivity contribution in [2.24, 2.45) is 0 Å². The third-order valence-corrected chi connectivity index (χ3v) is 4.05. The Labute approximate surface area is 116 Å². The first-order valence-electron chi connectivity index (χ1n) is 6.40. The fourth-order valence-electron chi connectivity index (χ4n) is 1.86. The van der Waals surface area contributed by atoms with E-state index in [4.69, 9.17) is 0 Å². The SMILES string of the molecule is CCCc1ccc(-n2cc(C(Br)CC)nn2)cc1. The van der Waals surface area contributed by atoms with Crippen molar-refractivity contribution in [3.63, 3.8) is 0 Å². The molecule has 1 unspecified atom stereocenters. The summed E-state index contributed by atoms with van der Waals surface area (Å²) in [4.78, 5) is 0.283. The van der Waals surface area contributed by atoms with Crippen LogP contribution in [0.3, 0.4) is 0 Å². The van der Waals surface area contributed by atoms with Crippen molar-refractivity contribution in [2.45, 2.75) is 37.9 Å². The van der Waals surface area contributed by atoms with Crippen molar-refractivity contribution >= 4 is 15.9 Å². The summed E-state index contributed by atoms with van der Waals surface area (Å²) in [5, 5.41) is 8.36. The summed E-state index contributed by atoms with van der Waals surface area (Å²) in [6, 6.07) is 8.51. The minimum absolute atomic E-state index is 0.283. The van der Waals surface area contributed by atoms with Gasteiger partial charge in [-0.2, -0.15) is 0 Å². The van der Waals surface area contributed by atoms with Crippen molar-refractivity contribution in [1.29, 1.82) is 0 Å². The third-order valence-electron chi connectivity index (χ3n) is 2.93. The zero-order chi connectivity index (χ0) is 13.0. The molecule has 0 radical (unpaired) electrons. The first-order valence-corrected chi connectivity index (χ1v) is 7.31. The Kier molecular flexibility index (Phi) is 4.53. The van der Waals surface area contributed by atoms with Crippen LogP contribution < -0.4 is 0 Å². The van der Waals surface area contributed by atoms with E-state index in [-0.39, 0.29) is 4.83 Å². The van der Waals surface area contributed by atoms with E-state index >= 15 is 0 Å². The van der Waals surface area contributed by atoms with Crippen molar-refractivity contribution < 1.29 is 0 Å². The summed E-state index contributed by atoms with van der Waals surface area (Å²) < 4.78 is 1.83. The van der Waals surface area contributed by atoms with Gasteiger partial charge in [0, 0.05) is 0 Å². The molecule has 1 heterocycles. The maximum Gasteiger partial charge on any atom is 0.0967 e. The van der Waals surface area contributed by atoms with Gasteiger partial charge in [0.25, 0.3) is 0 Å². The highest BCUT2D eigenvalue weighted by molar-refractivity contribution is 9.09. The summed E-state index contributed by atoms with van der Waals surface area (Å²) in [7, 11) is 0. The highest BCUT2D eigenvalue weighted by atomic mass is 79.9. The quantitative estimate of drug-likeness (QED) is 0.780. The van der Waals surface area contributed by atoms with Crippen LogP contribution in [0, 0.1) is 0 Å². The number of nitrogens with zero attached hydrogens (tertiary/aromatic N) is 3. The summed E-state index contributed by atoms with van der Waals surface area (Å²) in [5.41, 5.74) is 3.41. The highest BCUT2D eigenvalue weighted by Crippen LogP contribution is 2.24. The lowest BCUT2D eigenvalue weighted by atomic mass is 10.1. The number of alkyl halides is 1. The third kappa shape index (κ3) is 2.99. The van der Waals surface area contributed by atoms with Crippen molar-refractivity contribution in [2.75, 3.05) is 0 Å². The van der Waals surface area contributed by atoms with Gasteiger partial charge in [0.1, 0.15) is 0 Å². The van der Waals surface area contributed by atoms with E-state index in [9.17, 15) is 0 Å². The lowest BCUT2D eigenvalue weighted by Gasteiger charge is -2.02. The van der Waals surface area contributed by atoms with Gasteiger partial charge in [0.05, 0.1) is 22.4 Å². The maximum absolute atomic E-state index is 4.19. The molecule has 0 saturated carbocycles. The number of hydrogen-bond acceptors (Lipinski definition) is 2. The number of halogens is 1. The normalized spacial score (nSPS) is 12.6. The Balaban J connectivity index is 2.18. The molecule has 2 rings (SSSR count). The monoisotopic (exact) mass is 307 g/mol. The molecule has 0 bridgehead atoms. The summed E-state index contributed by atoms with van der Waals surface area (Å²) in [6.45, 7) is 4.32. The Morgan fingerprint density at radius 3 is 2.56 bits per heavy atom. The van der Waals surface area contributed by atoms with Crippen LogP contribution in [0.2, 0.25) is 0 Å². The molecule has 0 N–H and O–H groups in total. The molecule has 0 aliphatic rings. The Bertz CT molecular complexity index is 490. The van der Waals surface area contributed by atoms with Crippen LogP contribution in [0.4, 0.5) is 0 Å². The lowest BCUT2D eigenvalue weighted by molar-refractivity contribution is 0.789. The van der Waals surface area contributed by atoms with Crippen molar-refractivity contribution in [1.82, 2.24) is 15.0 Å². The van der Waals surface area contributed by atoms with Crippen LogP contribution in [-0.2, 0) is 6.42 Å². The molecular formula is C14H18BrN3. The van der Waals surface area contributed by atoms with Crippen LogP contribution in [-0.4, -0.2) is 15.0 Å². The van der Waals surface area contributed by atoms with Crippen LogP contribution in [0.5, 0.6) is 0 Å². The minimum Gasteiger partial charge on any atom is -0.220 e. The number of rotatable bonds is 5. The standard InChI is InChI=1S/C14H18BrN3/c1-3-5-11-6-8-12(9-7-11)18-10-14(16-17-18)13(15)4-2/h6-10,13H,3-5H2,1-2H3. The predicted octanol–water partition coefficient (Wildman–Crippen LogP) is 4.07. The molecule has 0 aliphatic heterocycles. The first-order chi connectivity index (χ1) is 8.74. The molecule has 1 aromatic carbocycles. The zero-order valence-corrected chi connectivity index (χ0v) is 12.4. The molecule has 0 spiro atoms. The van der Waals surface area contributed by atoms with Gasteiger partial charge in [0.2, 0.25) is 0 Å². The van der Waals surface area contributed by atoms with Gasteiger partial charge in [-0.25, -0.2) is 4.68 Å². The zero-order valence-electron chi connectivity index (χ0n) is 10.8. The second kappa shape index (κ2) is 6.14. The molecule has 0 aliphatic carbocycles. The van der Waals surface area contributed by atoms with Crippen molar-refractivity contribution in [3.05, 3.63) is 41.7 Å². The fraction of sp³-hybridized carbons (Fsp3) is 0.429. The van der Waals surface area contributed by atoms with Gasteiger partial charge in [-0.05, 0) is 30.5 Å². The second-order valence-corrected chi connectivity index (χ2v) is 5.49. The highest BCUT2D eigenvalue weighted by Gasteiger charge is 2.10.